The molecule has 3 N–H and O–H groups in total. The Labute approximate surface area is 167 Å². The molecule has 0 bridgehead atoms. The molecule has 3 aliphatic heterocycles. The van der Waals surface area contributed by atoms with Crippen LogP contribution >= 0.6 is 0 Å². The molecule has 4 atom stereocenters. The van der Waals surface area contributed by atoms with E-state index < -0.39 is 12.2 Å². The lowest BCUT2D eigenvalue weighted by molar-refractivity contribution is -0.0229. The summed E-state index contributed by atoms with van der Waals surface area (Å²) in [5, 5.41) is 24.0. The molecule has 0 aromatic heterocycles. The van der Waals surface area contributed by atoms with E-state index in [2.05, 4.69) is 39.4 Å². The summed E-state index contributed by atoms with van der Waals surface area (Å²) < 4.78 is 11.5. The molecule has 0 aliphatic carbocycles. The first-order valence-corrected chi connectivity index (χ1v) is 10.6. The molecule has 3 fully saturated rings. The Bertz CT molecular complexity index is 591. The minimum Gasteiger partial charge on any atom is -0.394 e. The number of nitrogens with one attached hydrogen (secondary N) is 1. The van der Waals surface area contributed by atoms with Crippen LogP contribution in [0.4, 0.5) is 5.69 Å². The number of hydrogen-bond donors (Lipinski definition) is 3. The van der Waals surface area contributed by atoms with E-state index in [1.165, 1.54) is 5.69 Å². The minimum absolute atomic E-state index is 0.0811. The van der Waals surface area contributed by atoms with E-state index in [0.717, 1.165) is 52.2 Å². The third-order valence-corrected chi connectivity index (χ3v) is 6.33. The Morgan fingerprint density at radius 3 is 2.39 bits per heavy atom. The molecule has 156 valence electrons. The van der Waals surface area contributed by atoms with Gasteiger partial charge in [-0.1, -0.05) is 18.2 Å². The Morgan fingerprint density at radius 2 is 1.71 bits per heavy atom. The summed E-state index contributed by atoms with van der Waals surface area (Å²) in [7, 11) is 0. The second-order valence-corrected chi connectivity index (χ2v) is 8.03. The van der Waals surface area contributed by atoms with E-state index in [-0.39, 0.29) is 18.8 Å². The van der Waals surface area contributed by atoms with Gasteiger partial charge in [0.1, 0.15) is 12.2 Å². The summed E-state index contributed by atoms with van der Waals surface area (Å²) in [4.78, 5) is 4.73. The quantitative estimate of drug-likeness (QED) is 0.633. The number of benzene rings is 1. The standard InChI is InChI=1S/C21H33N3O4/c25-15-19-21(26)20(18(28-19)14-22-16-6-12-27-13-7-16)24-10-8-23(9-11-24)17-4-2-1-3-5-17/h1-5,16,18-22,25-26H,6-15H2/t18-,19+,20-,21-/m1/s1. The van der Waals surface area contributed by atoms with Gasteiger partial charge in [-0.3, -0.25) is 4.90 Å². The van der Waals surface area contributed by atoms with E-state index in [1.807, 2.05) is 6.07 Å². The maximum Gasteiger partial charge on any atom is 0.109 e. The van der Waals surface area contributed by atoms with Crippen molar-refractivity contribution in [2.75, 3.05) is 57.4 Å². The lowest BCUT2D eigenvalue weighted by Gasteiger charge is -2.41. The highest BCUT2D eigenvalue weighted by atomic mass is 16.5. The molecule has 0 amide bonds. The molecule has 0 unspecified atom stereocenters. The van der Waals surface area contributed by atoms with Crippen LogP contribution in [0, 0.1) is 0 Å². The molecule has 3 aliphatic rings. The van der Waals surface area contributed by atoms with Crippen LogP contribution in [0.15, 0.2) is 30.3 Å². The van der Waals surface area contributed by atoms with Gasteiger partial charge in [0, 0.05) is 57.7 Å². The van der Waals surface area contributed by atoms with Crippen LogP contribution in [0.25, 0.3) is 0 Å². The number of aliphatic hydroxyl groups excluding tert-OH is 2. The van der Waals surface area contributed by atoms with E-state index in [4.69, 9.17) is 9.47 Å². The summed E-state index contributed by atoms with van der Waals surface area (Å²) in [6.45, 7) is 5.77. The fourth-order valence-electron chi connectivity index (χ4n) is 4.70. The number of rotatable bonds is 6. The van der Waals surface area contributed by atoms with Crippen LogP contribution in [0.1, 0.15) is 12.8 Å². The van der Waals surface area contributed by atoms with E-state index >= 15 is 0 Å². The SMILES string of the molecule is OC[C@@H]1O[C@H](CNC2CCOCC2)[C@@H](N2CCN(c3ccccc3)CC2)[C@@H]1O. The van der Waals surface area contributed by atoms with E-state index in [9.17, 15) is 10.2 Å². The first-order valence-electron chi connectivity index (χ1n) is 10.6. The average molecular weight is 392 g/mol. The van der Waals surface area contributed by atoms with Crippen molar-refractivity contribution in [3.63, 3.8) is 0 Å². The van der Waals surface area contributed by atoms with Crippen LogP contribution in [-0.4, -0.2) is 98.1 Å². The van der Waals surface area contributed by atoms with Crippen molar-refractivity contribution < 1.29 is 19.7 Å². The lowest BCUT2D eigenvalue weighted by Crippen LogP contribution is -2.57. The largest absolute Gasteiger partial charge is 0.394 e. The minimum atomic E-state index is -0.658. The molecular formula is C21H33N3O4. The van der Waals surface area contributed by atoms with Gasteiger partial charge in [-0.15, -0.1) is 0 Å². The summed E-state index contributed by atoms with van der Waals surface area (Å²) in [6.07, 6.45) is 0.754. The first-order chi connectivity index (χ1) is 13.8. The summed E-state index contributed by atoms with van der Waals surface area (Å²) in [6, 6.07) is 10.8. The maximum atomic E-state index is 10.8. The number of hydrogen-bond acceptors (Lipinski definition) is 7. The van der Waals surface area contributed by atoms with Gasteiger partial charge in [0.2, 0.25) is 0 Å². The maximum absolute atomic E-state index is 10.8. The summed E-state index contributed by atoms with van der Waals surface area (Å²) >= 11 is 0. The fourth-order valence-corrected chi connectivity index (χ4v) is 4.70. The fraction of sp³-hybridized carbons (Fsp3) is 0.714. The zero-order valence-electron chi connectivity index (χ0n) is 16.4. The van der Waals surface area contributed by atoms with Gasteiger partial charge in [-0.2, -0.15) is 0 Å². The normalized spacial score (nSPS) is 32.7. The van der Waals surface area contributed by atoms with E-state index in [0.29, 0.717) is 12.6 Å². The lowest BCUT2D eigenvalue weighted by atomic mass is 10.0. The number of ether oxygens (including phenoxy) is 2. The van der Waals surface area contributed by atoms with Crippen LogP contribution in [0.3, 0.4) is 0 Å². The molecule has 7 heteroatoms. The highest BCUT2D eigenvalue weighted by Crippen LogP contribution is 2.28. The van der Waals surface area contributed by atoms with Gasteiger partial charge in [0.25, 0.3) is 0 Å². The highest BCUT2D eigenvalue weighted by Gasteiger charge is 2.46. The molecule has 4 rings (SSSR count). The third-order valence-electron chi connectivity index (χ3n) is 6.33. The Kier molecular flexibility index (Phi) is 6.82. The zero-order valence-corrected chi connectivity index (χ0v) is 16.4. The second kappa shape index (κ2) is 9.52. The molecule has 1 aromatic carbocycles. The van der Waals surface area contributed by atoms with Gasteiger partial charge in [0.15, 0.2) is 0 Å². The molecule has 7 nitrogen and oxygen atoms in total. The van der Waals surface area contributed by atoms with Crippen LogP contribution < -0.4 is 10.2 Å². The van der Waals surface area contributed by atoms with Gasteiger partial charge < -0.3 is 29.9 Å². The predicted octanol–water partition coefficient (Wildman–Crippen LogP) is 0.0664. The first kappa shape index (κ1) is 20.1. The third kappa shape index (κ3) is 4.50. The van der Waals surface area contributed by atoms with Crippen LogP contribution in [0.5, 0.6) is 0 Å². The van der Waals surface area contributed by atoms with Crippen molar-refractivity contribution >= 4 is 5.69 Å². The number of para-hydroxylation sites is 1. The molecule has 28 heavy (non-hydrogen) atoms. The van der Waals surface area contributed by atoms with Gasteiger partial charge in [-0.05, 0) is 25.0 Å². The van der Waals surface area contributed by atoms with Crippen molar-refractivity contribution in [3.05, 3.63) is 30.3 Å². The Hall–Kier alpha value is -1.22. The number of nitrogens with zero attached hydrogens (tertiary/aromatic N) is 2. The number of aliphatic hydroxyl groups is 2. The Morgan fingerprint density at radius 1 is 1.00 bits per heavy atom. The second-order valence-electron chi connectivity index (χ2n) is 8.03. The van der Waals surface area contributed by atoms with Crippen molar-refractivity contribution in [2.45, 2.75) is 43.2 Å². The predicted molar refractivity (Wildman–Crippen MR) is 108 cm³/mol. The topological polar surface area (TPSA) is 77.4 Å². The molecule has 3 saturated heterocycles. The highest BCUT2D eigenvalue weighted by molar-refractivity contribution is 5.46. The van der Waals surface area contributed by atoms with Gasteiger partial charge in [-0.25, -0.2) is 0 Å². The number of anilines is 1. The molecule has 0 saturated carbocycles. The van der Waals surface area contributed by atoms with Gasteiger partial charge >= 0.3 is 0 Å². The summed E-state index contributed by atoms with van der Waals surface area (Å²) in [5.41, 5.74) is 1.25. The number of piperazine rings is 1. The molecule has 0 spiro atoms. The van der Waals surface area contributed by atoms with Crippen LogP contribution in [-0.2, 0) is 9.47 Å². The molecule has 3 heterocycles. The van der Waals surface area contributed by atoms with Crippen LogP contribution in [0.2, 0.25) is 0 Å². The summed E-state index contributed by atoms with van der Waals surface area (Å²) in [5.74, 6) is 0. The van der Waals surface area contributed by atoms with Gasteiger partial charge in [0.05, 0.1) is 18.8 Å². The Balaban J connectivity index is 1.36. The van der Waals surface area contributed by atoms with E-state index in [1.54, 1.807) is 0 Å². The van der Waals surface area contributed by atoms with Crippen molar-refractivity contribution in [1.82, 2.24) is 10.2 Å². The van der Waals surface area contributed by atoms with Crippen molar-refractivity contribution in [2.24, 2.45) is 0 Å². The monoisotopic (exact) mass is 391 g/mol. The molecule has 0 radical (unpaired) electrons. The zero-order chi connectivity index (χ0) is 19.3. The van der Waals surface area contributed by atoms with Crippen molar-refractivity contribution in [1.29, 1.82) is 0 Å². The molecule has 1 aromatic rings. The average Bonchev–Trinajstić information content (AvgIpc) is 3.09. The molecular weight excluding hydrogens is 358 g/mol. The smallest absolute Gasteiger partial charge is 0.109 e. The van der Waals surface area contributed by atoms with Crippen molar-refractivity contribution in [3.8, 4) is 0 Å².